The first kappa shape index (κ1) is 21.8. The molecule has 3 heterocycles. The Morgan fingerprint density at radius 1 is 1.23 bits per heavy atom. The van der Waals surface area contributed by atoms with Gasteiger partial charge in [0.1, 0.15) is 0 Å². The smallest absolute Gasteiger partial charge is 0.242 e. The maximum atomic E-state index is 12.9. The molecule has 0 aromatic heterocycles. The van der Waals surface area contributed by atoms with E-state index >= 15 is 0 Å². The molecule has 0 spiro atoms. The first-order valence-electron chi connectivity index (χ1n) is 11.2. The minimum atomic E-state index is -0.231. The van der Waals surface area contributed by atoms with E-state index in [1.807, 2.05) is 24.3 Å². The molecule has 166 valence electrons. The molecule has 0 radical (unpaired) electrons. The zero-order valence-corrected chi connectivity index (χ0v) is 18.1. The highest BCUT2D eigenvalue weighted by Gasteiger charge is 2.54. The molecule has 31 heavy (non-hydrogen) atoms. The number of piperazine rings is 1. The van der Waals surface area contributed by atoms with Gasteiger partial charge in [-0.15, -0.1) is 0 Å². The maximum Gasteiger partial charge on any atom is 0.242 e. The number of morpholine rings is 1. The second-order valence-electron chi connectivity index (χ2n) is 8.48. The van der Waals surface area contributed by atoms with Crippen molar-refractivity contribution in [2.75, 3.05) is 52.5 Å². The number of carbonyl (C=O) groups excluding carboxylic acids is 2. The fraction of sp³-hybridized carbons (Fsp3) is 0.583. The average Bonchev–Trinajstić information content (AvgIpc) is 2.77. The lowest BCUT2D eigenvalue weighted by molar-refractivity contribution is -0.167. The van der Waals surface area contributed by atoms with Crippen molar-refractivity contribution in [1.82, 2.24) is 14.7 Å². The highest BCUT2D eigenvalue weighted by atomic mass is 16.5. The molecule has 2 amide bonds. The van der Waals surface area contributed by atoms with E-state index in [9.17, 15) is 14.7 Å². The Bertz CT molecular complexity index is 854. The number of rotatable bonds is 5. The average molecular weight is 426 g/mol. The van der Waals surface area contributed by atoms with Crippen LogP contribution in [0.3, 0.4) is 0 Å². The molecule has 1 N–H and O–H groups in total. The van der Waals surface area contributed by atoms with Gasteiger partial charge in [0, 0.05) is 37.5 Å². The van der Waals surface area contributed by atoms with E-state index in [2.05, 4.69) is 23.7 Å². The SMILES string of the molecule is CCCC#Cc1ccc([C@@H]2[C@@H](CO)N3C(=O)CN(C(=O)CN4CCOCC4)C[C@H]23)cc1. The topological polar surface area (TPSA) is 73.3 Å². The summed E-state index contributed by atoms with van der Waals surface area (Å²) >= 11 is 0. The normalized spacial score (nSPS) is 26.0. The number of aliphatic hydroxyl groups is 1. The molecule has 0 unspecified atom stereocenters. The molecule has 0 aliphatic carbocycles. The number of benzene rings is 1. The fourth-order valence-electron chi connectivity index (χ4n) is 4.82. The summed E-state index contributed by atoms with van der Waals surface area (Å²) in [4.78, 5) is 31.2. The lowest BCUT2D eigenvalue weighted by Gasteiger charge is -2.58. The van der Waals surface area contributed by atoms with Crippen LogP contribution in [0.2, 0.25) is 0 Å². The van der Waals surface area contributed by atoms with Gasteiger partial charge in [-0.3, -0.25) is 14.5 Å². The number of hydrogen-bond donors (Lipinski definition) is 1. The van der Waals surface area contributed by atoms with Crippen LogP contribution in [0.4, 0.5) is 0 Å². The second-order valence-corrected chi connectivity index (χ2v) is 8.48. The van der Waals surface area contributed by atoms with Gasteiger partial charge in [0.15, 0.2) is 0 Å². The molecule has 0 bridgehead atoms. The van der Waals surface area contributed by atoms with E-state index in [0.717, 1.165) is 37.1 Å². The third-order valence-electron chi connectivity index (χ3n) is 6.47. The van der Waals surface area contributed by atoms with Crippen LogP contribution in [0.1, 0.15) is 36.8 Å². The predicted octanol–water partition coefficient (Wildman–Crippen LogP) is 0.668. The zero-order valence-electron chi connectivity index (χ0n) is 18.1. The van der Waals surface area contributed by atoms with Gasteiger partial charge in [-0.25, -0.2) is 0 Å². The molecule has 0 saturated carbocycles. The minimum absolute atomic E-state index is 0.0114. The third-order valence-corrected chi connectivity index (χ3v) is 6.47. The summed E-state index contributed by atoms with van der Waals surface area (Å²) in [6.45, 7) is 5.72. The van der Waals surface area contributed by atoms with Crippen LogP contribution < -0.4 is 0 Å². The Morgan fingerprint density at radius 3 is 2.65 bits per heavy atom. The molecule has 4 rings (SSSR count). The lowest BCUT2D eigenvalue weighted by Crippen LogP contribution is -2.73. The van der Waals surface area contributed by atoms with Crippen molar-refractivity contribution in [3.8, 4) is 11.8 Å². The Hall–Kier alpha value is -2.40. The Labute approximate surface area is 183 Å². The van der Waals surface area contributed by atoms with Gasteiger partial charge in [-0.1, -0.05) is 30.9 Å². The monoisotopic (exact) mass is 425 g/mol. The fourth-order valence-corrected chi connectivity index (χ4v) is 4.82. The highest BCUT2D eigenvalue weighted by molar-refractivity contribution is 5.88. The Kier molecular flexibility index (Phi) is 6.91. The van der Waals surface area contributed by atoms with E-state index in [4.69, 9.17) is 4.74 Å². The van der Waals surface area contributed by atoms with Gasteiger partial charge in [-0.2, -0.15) is 0 Å². The molecule has 7 heteroatoms. The number of nitrogens with zero attached hydrogens (tertiary/aromatic N) is 3. The molecule has 3 atom stereocenters. The van der Waals surface area contributed by atoms with Crippen LogP contribution in [0, 0.1) is 11.8 Å². The number of fused-ring (bicyclic) bond motifs is 1. The lowest BCUT2D eigenvalue weighted by atomic mass is 9.73. The second kappa shape index (κ2) is 9.82. The summed E-state index contributed by atoms with van der Waals surface area (Å²) in [7, 11) is 0. The summed E-state index contributed by atoms with van der Waals surface area (Å²) in [5.74, 6) is 6.25. The van der Waals surface area contributed by atoms with Crippen LogP contribution in [-0.2, 0) is 14.3 Å². The number of carbonyl (C=O) groups is 2. The largest absolute Gasteiger partial charge is 0.394 e. The molecule has 3 fully saturated rings. The molecule has 1 aromatic rings. The van der Waals surface area contributed by atoms with Crippen molar-refractivity contribution in [3.05, 3.63) is 35.4 Å². The van der Waals surface area contributed by atoms with E-state index < -0.39 is 0 Å². The molecule has 3 aliphatic heterocycles. The van der Waals surface area contributed by atoms with Gasteiger partial charge in [0.05, 0.1) is 45.0 Å². The Morgan fingerprint density at radius 2 is 1.97 bits per heavy atom. The van der Waals surface area contributed by atoms with E-state index in [1.165, 1.54) is 0 Å². The maximum absolute atomic E-state index is 12.9. The minimum Gasteiger partial charge on any atom is -0.394 e. The number of aliphatic hydroxyl groups excluding tert-OH is 1. The number of amides is 2. The third kappa shape index (κ3) is 4.62. The van der Waals surface area contributed by atoms with Crippen molar-refractivity contribution < 1.29 is 19.4 Å². The van der Waals surface area contributed by atoms with Crippen molar-refractivity contribution in [1.29, 1.82) is 0 Å². The van der Waals surface area contributed by atoms with Crippen molar-refractivity contribution in [2.24, 2.45) is 0 Å². The van der Waals surface area contributed by atoms with Crippen molar-refractivity contribution >= 4 is 11.8 Å². The van der Waals surface area contributed by atoms with Gasteiger partial charge in [0.25, 0.3) is 0 Å². The first-order chi connectivity index (χ1) is 15.1. The summed E-state index contributed by atoms with van der Waals surface area (Å²) in [6, 6.07) is 7.76. The Balaban J connectivity index is 1.45. The van der Waals surface area contributed by atoms with E-state index in [0.29, 0.717) is 26.3 Å². The summed E-state index contributed by atoms with van der Waals surface area (Å²) in [5.41, 5.74) is 2.05. The van der Waals surface area contributed by atoms with Gasteiger partial charge >= 0.3 is 0 Å². The molecule has 3 saturated heterocycles. The highest BCUT2D eigenvalue weighted by Crippen LogP contribution is 2.42. The van der Waals surface area contributed by atoms with Crippen LogP contribution in [-0.4, -0.2) is 96.2 Å². The number of unbranched alkanes of at least 4 members (excludes halogenated alkanes) is 1. The summed E-state index contributed by atoms with van der Waals surface area (Å²) < 4.78 is 5.35. The van der Waals surface area contributed by atoms with E-state index in [1.54, 1.807) is 9.80 Å². The molecular formula is C24H31N3O4. The summed E-state index contributed by atoms with van der Waals surface area (Å²) in [5, 5.41) is 9.95. The zero-order chi connectivity index (χ0) is 21.8. The molecule has 1 aromatic carbocycles. The van der Waals surface area contributed by atoms with Gasteiger partial charge in [0.2, 0.25) is 11.8 Å². The van der Waals surface area contributed by atoms with Crippen LogP contribution >= 0.6 is 0 Å². The van der Waals surface area contributed by atoms with Crippen LogP contribution in [0.25, 0.3) is 0 Å². The standard InChI is InChI=1S/C24H31N3O4/c1-2-3-4-5-18-6-8-19(9-7-18)24-20-14-26(16-23(30)27(20)21(24)17-28)22(29)15-25-10-12-31-13-11-25/h6-9,20-21,24,28H,2-3,10-17H2,1H3/t20-,21-,24+/m1/s1. The molecule has 7 nitrogen and oxygen atoms in total. The quantitative estimate of drug-likeness (QED) is 0.702. The van der Waals surface area contributed by atoms with E-state index in [-0.39, 0.29) is 43.0 Å². The van der Waals surface area contributed by atoms with Gasteiger partial charge < -0.3 is 19.6 Å². The first-order valence-corrected chi connectivity index (χ1v) is 11.2. The van der Waals surface area contributed by atoms with Crippen LogP contribution in [0.15, 0.2) is 24.3 Å². The molecular weight excluding hydrogens is 394 g/mol. The van der Waals surface area contributed by atoms with Gasteiger partial charge in [-0.05, 0) is 24.1 Å². The molecule has 3 aliphatic rings. The van der Waals surface area contributed by atoms with Crippen molar-refractivity contribution in [3.63, 3.8) is 0 Å². The predicted molar refractivity (Wildman–Crippen MR) is 116 cm³/mol. The van der Waals surface area contributed by atoms with Crippen LogP contribution in [0.5, 0.6) is 0 Å². The summed E-state index contributed by atoms with van der Waals surface area (Å²) in [6.07, 6.45) is 1.92. The van der Waals surface area contributed by atoms with Crippen molar-refractivity contribution in [2.45, 2.75) is 37.8 Å². The number of hydrogen-bond acceptors (Lipinski definition) is 5. The number of ether oxygens (including phenoxy) is 1.